The van der Waals surface area contributed by atoms with E-state index in [0.717, 1.165) is 6.42 Å². The first-order valence-corrected chi connectivity index (χ1v) is 2.62. The molecule has 0 aromatic rings. The summed E-state index contributed by atoms with van der Waals surface area (Å²) in [5.74, 6) is -0.771. The molecular weight excluding hydrogens is 111 g/mol. The number of unbranched alkanes of at least 4 members (excludes halogenated alkanes) is 1. The van der Waals surface area contributed by atoms with Gasteiger partial charge in [-0.2, -0.15) is 0 Å². The SMILES string of the molecule is CCCCC(=O)OF. The summed E-state index contributed by atoms with van der Waals surface area (Å²) in [5, 5.41) is 0. The van der Waals surface area contributed by atoms with Gasteiger partial charge in [-0.05, 0) is 6.42 Å². The lowest BCUT2D eigenvalue weighted by Gasteiger charge is -1.88. The van der Waals surface area contributed by atoms with Gasteiger partial charge in [-0.3, -0.25) is 4.94 Å². The molecule has 0 fully saturated rings. The number of carbonyl (C=O) groups excluding carboxylic acids is 1. The van der Waals surface area contributed by atoms with Gasteiger partial charge in [0.15, 0.2) is 0 Å². The Kier molecular flexibility index (Phi) is 4.21. The lowest BCUT2D eigenvalue weighted by atomic mass is 10.3. The van der Waals surface area contributed by atoms with E-state index < -0.39 is 5.97 Å². The maximum absolute atomic E-state index is 10.9. The third-order valence-electron chi connectivity index (χ3n) is 0.821. The van der Waals surface area contributed by atoms with E-state index in [0.29, 0.717) is 6.42 Å². The van der Waals surface area contributed by atoms with Crippen LogP contribution >= 0.6 is 0 Å². The highest BCUT2D eigenvalue weighted by atomic mass is 19.3. The molecule has 0 saturated carbocycles. The first kappa shape index (κ1) is 7.40. The summed E-state index contributed by atoms with van der Waals surface area (Å²) >= 11 is 0. The Bertz CT molecular complexity index is 72.8. The average molecular weight is 120 g/mol. The second-order valence-electron chi connectivity index (χ2n) is 1.55. The lowest BCUT2D eigenvalue weighted by Crippen LogP contribution is -1.95. The topological polar surface area (TPSA) is 26.3 Å². The van der Waals surface area contributed by atoms with E-state index in [4.69, 9.17) is 0 Å². The standard InChI is InChI=1S/C5H9FO2/c1-2-3-4-5(7)8-6/h2-4H2,1H3. The lowest BCUT2D eigenvalue weighted by molar-refractivity contribution is -0.183. The monoisotopic (exact) mass is 120 g/mol. The first-order valence-electron chi connectivity index (χ1n) is 2.62. The molecule has 0 bridgehead atoms. The number of rotatable bonds is 3. The predicted octanol–water partition coefficient (Wildman–Crippen LogP) is 1.60. The smallest absolute Gasteiger partial charge is 0.255 e. The molecule has 0 atom stereocenters. The number of hydrogen-bond donors (Lipinski definition) is 0. The summed E-state index contributed by atoms with van der Waals surface area (Å²) in [5.41, 5.74) is 0. The molecule has 8 heavy (non-hydrogen) atoms. The Morgan fingerprint density at radius 2 is 2.38 bits per heavy atom. The Hall–Kier alpha value is -0.600. The summed E-state index contributed by atoms with van der Waals surface area (Å²) < 4.78 is 10.9. The van der Waals surface area contributed by atoms with Crippen molar-refractivity contribution in [3.8, 4) is 0 Å². The predicted molar refractivity (Wildman–Crippen MR) is 26.7 cm³/mol. The Morgan fingerprint density at radius 3 is 2.75 bits per heavy atom. The van der Waals surface area contributed by atoms with Gasteiger partial charge >= 0.3 is 5.97 Å². The molecule has 0 aliphatic rings. The van der Waals surface area contributed by atoms with Crippen LogP contribution in [0.3, 0.4) is 0 Å². The van der Waals surface area contributed by atoms with Crippen molar-refractivity contribution in [3.05, 3.63) is 0 Å². The van der Waals surface area contributed by atoms with Crippen LogP contribution in [0.4, 0.5) is 4.53 Å². The molecule has 0 radical (unpaired) electrons. The summed E-state index contributed by atoms with van der Waals surface area (Å²) in [4.78, 5) is 12.9. The molecule has 48 valence electrons. The van der Waals surface area contributed by atoms with Gasteiger partial charge in [-0.15, -0.1) is 0 Å². The van der Waals surface area contributed by atoms with E-state index in [1.165, 1.54) is 0 Å². The van der Waals surface area contributed by atoms with E-state index in [9.17, 15) is 9.32 Å². The minimum atomic E-state index is -0.771. The van der Waals surface area contributed by atoms with E-state index in [1.54, 1.807) is 0 Å². The van der Waals surface area contributed by atoms with Crippen molar-refractivity contribution in [1.82, 2.24) is 0 Å². The molecule has 2 nitrogen and oxygen atoms in total. The summed E-state index contributed by atoms with van der Waals surface area (Å²) in [6.07, 6.45) is 1.77. The van der Waals surface area contributed by atoms with E-state index in [-0.39, 0.29) is 6.42 Å². The molecule has 0 aliphatic carbocycles. The molecule has 0 aliphatic heterocycles. The van der Waals surface area contributed by atoms with Gasteiger partial charge in [0, 0.05) is 10.9 Å². The molecule has 0 rings (SSSR count). The van der Waals surface area contributed by atoms with Crippen LogP contribution in [0.2, 0.25) is 0 Å². The molecule has 3 heteroatoms. The zero-order valence-electron chi connectivity index (χ0n) is 4.82. The van der Waals surface area contributed by atoms with Crippen molar-refractivity contribution in [2.75, 3.05) is 0 Å². The minimum absolute atomic E-state index is 0.188. The van der Waals surface area contributed by atoms with Crippen LogP contribution in [0.5, 0.6) is 0 Å². The van der Waals surface area contributed by atoms with Gasteiger partial charge in [-0.1, -0.05) is 13.3 Å². The fourth-order valence-corrected chi connectivity index (χ4v) is 0.360. The Morgan fingerprint density at radius 1 is 1.75 bits per heavy atom. The van der Waals surface area contributed by atoms with Crippen molar-refractivity contribution in [2.45, 2.75) is 26.2 Å². The Balaban J connectivity index is 2.99. The zero-order chi connectivity index (χ0) is 6.41. The normalized spacial score (nSPS) is 8.75. The molecule has 0 aromatic heterocycles. The van der Waals surface area contributed by atoms with Crippen LogP contribution in [-0.2, 0) is 9.74 Å². The van der Waals surface area contributed by atoms with E-state index >= 15 is 0 Å². The van der Waals surface area contributed by atoms with Crippen LogP contribution in [0.25, 0.3) is 0 Å². The van der Waals surface area contributed by atoms with Gasteiger partial charge in [0.1, 0.15) is 0 Å². The van der Waals surface area contributed by atoms with Gasteiger partial charge < -0.3 is 0 Å². The molecular formula is C5H9FO2. The fraction of sp³-hybridized carbons (Fsp3) is 0.800. The molecule has 0 N–H and O–H groups in total. The van der Waals surface area contributed by atoms with Crippen LogP contribution in [-0.4, -0.2) is 5.97 Å². The van der Waals surface area contributed by atoms with Crippen molar-refractivity contribution >= 4 is 5.97 Å². The second kappa shape index (κ2) is 4.56. The minimum Gasteiger partial charge on any atom is -0.255 e. The van der Waals surface area contributed by atoms with Crippen LogP contribution < -0.4 is 0 Å². The number of halogens is 1. The maximum Gasteiger partial charge on any atom is 0.348 e. The third-order valence-corrected chi connectivity index (χ3v) is 0.821. The second-order valence-corrected chi connectivity index (χ2v) is 1.55. The van der Waals surface area contributed by atoms with Gasteiger partial charge in [0.2, 0.25) is 0 Å². The van der Waals surface area contributed by atoms with Crippen molar-refractivity contribution in [1.29, 1.82) is 0 Å². The van der Waals surface area contributed by atoms with Crippen LogP contribution in [0.1, 0.15) is 26.2 Å². The number of carbonyl (C=O) groups is 1. The summed E-state index contributed by atoms with van der Waals surface area (Å²) in [7, 11) is 0. The largest absolute Gasteiger partial charge is 0.348 e. The van der Waals surface area contributed by atoms with Crippen molar-refractivity contribution in [2.24, 2.45) is 0 Å². The Labute approximate surface area is 47.5 Å². The van der Waals surface area contributed by atoms with Gasteiger partial charge in [-0.25, -0.2) is 4.79 Å². The third kappa shape index (κ3) is 3.59. The van der Waals surface area contributed by atoms with Crippen molar-refractivity contribution < 1.29 is 14.3 Å². The van der Waals surface area contributed by atoms with E-state index in [2.05, 4.69) is 4.94 Å². The highest BCUT2D eigenvalue weighted by Crippen LogP contribution is 1.95. The van der Waals surface area contributed by atoms with E-state index in [1.807, 2.05) is 6.92 Å². The number of hydrogen-bond acceptors (Lipinski definition) is 2. The zero-order valence-corrected chi connectivity index (χ0v) is 4.82. The molecule has 0 unspecified atom stereocenters. The van der Waals surface area contributed by atoms with Crippen LogP contribution in [0, 0.1) is 0 Å². The molecule has 0 amide bonds. The maximum atomic E-state index is 10.9. The highest BCUT2D eigenvalue weighted by Gasteiger charge is 1.98. The van der Waals surface area contributed by atoms with Gasteiger partial charge in [0.25, 0.3) is 0 Å². The first-order chi connectivity index (χ1) is 3.81. The quantitative estimate of drug-likeness (QED) is 0.565. The molecule has 0 saturated heterocycles. The summed E-state index contributed by atoms with van der Waals surface area (Å²) in [6, 6.07) is 0. The summed E-state index contributed by atoms with van der Waals surface area (Å²) in [6.45, 7) is 1.92. The molecule has 0 aromatic carbocycles. The molecule has 0 heterocycles. The van der Waals surface area contributed by atoms with Gasteiger partial charge in [0.05, 0.1) is 0 Å². The molecule has 0 spiro atoms. The van der Waals surface area contributed by atoms with Crippen LogP contribution in [0.15, 0.2) is 0 Å². The average Bonchev–Trinajstić information content (AvgIpc) is 1.83. The van der Waals surface area contributed by atoms with Crippen molar-refractivity contribution in [3.63, 3.8) is 0 Å². The highest BCUT2D eigenvalue weighted by molar-refractivity contribution is 5.68. The fourth-order valence-electron chi connectivity index (χ4n) is 0.360.